The summed E-state index contributed by atoms with van der Waals surface area (Å²) >= 11 is 0. The fourth-order valence-electron chi connectivity index (χ4n) is 1.79. The molecule has 0 fully saturated rings. The summed E-state index contributed by atoms with van der Waals surface area (Å²) in [5, 5.41) is 10.2. The molecule has 0 aliphatic carbocycles. The summed E-state index contributed by atoms with van der Waals surface area (Å²) in [5.41, 5.74) is 1.75. The molecule has 1 N–H and O–H groups in total. The van der Waals surface area contributed by atoms with E-state index in [2.05, 4.69) is 4.98 Å². The van der Waals surface area contributed by atoms with E-state index in [1.807, 2.05) is 13.0 Å². The van der Waals surface area contributed by atoms with Crippen molar-refractivity contribution in [2.45, 2.75) is 13.0 Å². The molecule has 0 amide bonds. The first-order chi connectivity index (χ1) is 8.63. The van der Waals surface area contributed by atoms with Crippen molar-refractivity contribution in [2.24, 2.45) is 0 Å². The predicted octanol–water partition coefficient (Wildman–Crippen LogP) is 2.62. The highest BCUT2D eigenvalue weighted by Gasteiger charge is 2.15. The monoisotopic (exact) mass is 247 g/mol. The molecule has 0 spiro atoms. The Morgan fingerprint density at radius 3 is 2.78 bits per heavy atom. The number of hydrogen-bond donors (Lipinski definition) is 1. The van der Waals surface area contributed by atoms with Crippen LogP contribution in [0.2, 0.25) is 0 Å². The van der Waals surface area contributed by atoms with Crippen LogP contribution in [0.15, 0.2) is 36.7 Å². The predicted molar refractivity (Wildman–Crippen MR) is 66.0 cm³/mol. The van der Waals surface area contributed by atoms with Gasteiger partial charge in [0.2, 0.25) is 0 Å². The highest BCUT2D eigenvalue weighted by atomic mass is 19.1. The topological polar surface area (TPSA) is 42.4 Å². The first-order valence-corrected chi connectivity index (χ1v) is 5.55. The molecule has 1 aromatic carbocycles. The molecular weight excluding hydrogens is 233 g/mol. The van der Waals surface area contributed by atoms with Crippen molar-refractivity contribution >= 4 is 0 Å². The van der Waals surface area contributed by atoms with Crippen molar-refractivity contribution in [2.75, 3.05) is 7.11 Å². The molecule has 1 atom stereocenters. The minimum atomic E-state index is -1.03. The van der Waals surface area contributed by atoms with Gasteiger partial charge >= 0.3 is 0 Å². The molecule has 1 unspecified atom stereocenters. The van der Waals surface area contributed by atoms with Crippen LogP contribution in [-0.2, 0) is 0 Å². The van der Waals surface area contributed by atoms with Gasteiger partial charge in [0.05, 0.1) is 13.3 Å². The van der Waals surface area contributed by atoms with Crippen molar-refractivity contribution in [1.82, 2.24) is 4.98 Å². The number of halogens is 1. The molecule has 0 radical (unpaired) electrons. The standard InChI is InChI=1S/C14H14FNO2/c1-9-3-4-10(7-13(9)18-2)14(17)11-5-6-16-8-12(11)15/h3-8,14,17H,1-2H3. The summed E-state index contributed by atoms with van der Waals surface area (Å²) in [7, 11) is 1.56. The highest BCUT2D eigenvalue weighted by molar-refractivity contribution is 5.40. The molecule has 1 heterocycles. The second-order valence-corrected chi connectivity index (χ2v) is 4.03. The Morgan fingerprint density at radius 2 is 2.11 bits per heavy atom. The first kappa shape index (κ1) is 12.5. The van der Waals surface area contributed by atoms with E-state index in [4.69, 9.17) is 4.74 Å². The van der Waals surface area contributed by atoms with Gasteiger partial charge in [-0.1, -0.05) is 12.1 Å². The number of pyridine rings is 1. The number of aromatic nitrogens is 1. The van der Waals surface area contributed by atoms with Crippen LogP contribution in [0.3, 0.4) is 0 Å². The zero-order chi connectivity index (χ0) is 13.1. The van der Waals surface area contributed by atoms with E-state index < -0.39 is 11.9 Å². The minimum absolute atomic E-state index is 0.205. The largest absolute Gasteiger partial charge is 0.496 e. The van der Waals surface area contributed by atoms with Gasteiger partial charge in [0.1, 0.15) is 17.7 Å². The second-order valence-electron chi connectivity index (χ2n) is 4.03. The van der Waals surface area contributed by atoms with Gasteiger partial charge < -0.3 is 9.84 Å². The minimum Gasteiger partial charge on any atom is -0.496 e. The number of hydrogen-bond acceptors (Lipinski definition) is 3. The van der Waals surface area contributed by atoms with E-state index in [9.17, 15) is 9.50 Å². The maximum atomic E-state index is 13.5. The van der Waals surface area contributed by atoms with Gasteiger partial charge in [-0.15, -0.1) is 0 Å². The van der Waals surface area contributed by atoms with E-state index >= 15 is 0 Å². The number of aryl methyl sites for hydroxylation is 1. The summed E-state index contributed by atoms with van der Waals surface area (Å²) < 4.78 is 18.7. The van der Waals surface area contributed by atoms with Crippen LogP contribution < -0.4 is 4.74 Å². The third kappa shape index (κ3) is 2.33. The van der Waals surface area contributed by atoms with Crippen LogP contribution in [0.25, 0.3) is 0 Å². The summed E-state index contributed by atoms with van der Waals surface area (Å²) in [6, 6.07) is 6.76. The Bertz CT molecular complexity index is 557. The lowest BCUT2D eigenvalue weighted by Gasteiger charge is -2.14. The fraction of sp³-hybridized carbons (Fsp3) is 0.214. The van der Waals surface area contributed by atoms with Crippen molar-refractivity contribution in [1.29, 1.82) is 0 Å². The molecule has 2 aromatic rings. The molecule has 3 nitrogen and oxygen atoms in total. The number of rotatable bonds is 3. The average molecular weight is 247 g/mol. The number of nitrogens with zero attached hydrogens (tertiary/aromatic N) is 1. The third-order valence-electron chi connectivity index (χ3n) is 2.85. The molecule has 18 heavy (non-hydrogen) atoms. The summed E-state index contributed by atoms with van der Waals surface area (Å²) in [5.74, 6) is 0.144. The fourth-order valence-corrected chi connectivity index (χ4v) is 1.79. The summed E-state index contributed by atoms with van der Waals surface area (Å²) in [6.45, 7) is 1.90. The highest BCUT2D eigenvalue weighted by Crippen LogP contribution is 2.28. The lowest BCUT2D eigenvalue weighted by molar-refractivity contribution is 0.214. The number of aliphatic hydroxyl groups is 1. The zero-order valence-corrected chi connectivity index (χ0v) is 10.2. The SMILES string of the molecule is COc1cc(C(O)c2ccncc2F)ccc1C. The molecule has 2 rings (SSSR count). The van der Waals surface area contributed by atoms with E-state index in [-0.39, 0.29) is 5.56 Å². The van der Waals surface area contributed by atoms with Crippen molar-refractivity contribution < 1.29 is 14.2 Å². The van der Waals surface area contributed by atoms with Crippen molar-refractivity contribution in [3.8, 4) is 5.75 Å². The normalized spacial score (nSPS) is 12.2. The van der Waals surface area contributed by atoms with E-state index in [0.717, 1.165) is 11.8 Å². The second kappa shape index (κ2) is 5.14. The molecule has 94 valence electrons. The number of ether oxygens (including phenoxy) is 1. The smallest absolute Gasteiger partial charge is 0.147 e. The summed E-state index contributed by atoms with van der Waals surface area (Å²) in [4.78, 5) is 3.66. The molecule has 4 heteroatoms. The lowest BCUT2D eigenvalue weighted by atomic mass is 10.0. The van der Waals surface area contributed by atoms with Gasteiger partial charge in [-0.05, 0) is 30.2 Å². The number of methoxy groups -OCH3 is 1. The van der Waals surface area contributed by atoms with Gasteiger partial charge in [0, 0.05) is 11.8 Å². The molecule has 0 saturated heterocycles. The van der Waals surface area contributed by atoms with E-state index in [1.165, 1.54) is 12.3 Å². The van der Waals surface area contributed by atoms with Crippen molar-refractivity contribution in [3.63, 3.8) is 0 Å². The Labute approximate surface area is 105 Å². The van der Waals surface area contributed by atoms with Crippen LogP contribution in [0, 0.1) is 12.7 Å². The van der Waals surface area contributed by atoms with Crippen LogP contribution in [0.5, 0.6) is 5.75 Å². The Kier molecular flexibility index (Phi) is 3.58. The quantitative estimate of drug-likeness (QED) is 0.906. The lowest BCUT2D eigenvalue weighted by Crippen LogP contribution is -2.03. The van der Waals surface area contributed by atoms with Gasteiger partial charge in [0.25, 0.3) is 0 Å². The average Bonchev–Trinajstić information content (AvgIpc) is 2.39. The molecule has 0 saturated carbocycles. The Balaban J connectivity index is 2.40. The number of benzene rings is 1. The van der Waals surface area contributed by atoms with Crippen LogP contribution in [-0.4, -0.2) is 17.2 Å². The van der Waals surface area contributed by atoms with E-state index in [0.29, 0.717) is 11.3 Å². The van der Waals surface area contributed by atoms with Gasteiger partial charge in [-0.3, -0.25) is 4.98 Å². The molecule has 0 bridgehead atoms. The van der Waals surface area contributed by atoms with E-state index in [1.54, 1.807) is 19.2 Å². The number of aliphatic hydroxyl groups excluding tert-OH is 1. The van der Waals surface area contributed by atoms with Crippen LogP contribution >= 0.6 is 0 Å². The molecular formula is C14H14FNO2. The maximum absolute atomic E-state index is 13.5. The zero-order valence-electron chi connectivity index (χ0n) is 10.2. The molecule has 1 aromatic heterocycles. The first-order valence-electron chi connectivity index (χ1n) is 5.55. The third-order valence-corrected chi connectivity index (χ3v) is 2.85. The van der Waals surface area contributed by atoms with Crippen molar-refractivity contribution in [3.05, 3.63) is 59.2 Å². The molecule has 0 aliphatic rings. The maximum Gasteiger partial charge on any atom is 0.147 e. The van der Waals surface area contributed by atoms with Gasteiger partial charge in [0.15, 0.2) is 0 Å². The van der Waals surface area contributed by atoms with Crippen LogP contribution in [0.1, 0.15) is 22.8 Å². The van der Waals surface area contributed by atoms with Crippen LogP contribution in [0.4, 0.5) is 4.39 Å². The van der Waals surface area contributed by atoms with Gasteiger partial charge in [-0.25, -0.2) is 4.39 Å². The Morgan fingerprint density at radius 1 is 1.33 bits per heavy atom. The summed E-state index contributed by atoms with van der Waals surface area (Å²) in [6.07, 6.45) is 1.51. The van der Waals surface area contributed by atoms with Gasteiger partial charge in [-0.2, -0.15) is 0 Å². The molecule has 0 aliphatic heterocycles. The Hall–Kier alpha value is -1.94.